The Hall–Kier alpha value is -1.10. The van der Waals surface area contributed by atoms with E-state index in [0.29, 0.717) is 0 Å². The molecule has 2 N–H and O–H groups in total. The molecule has 1 aliphatic heterocycles. The van der Waals surface area contributed by atoms with Crippen LogP contribution in [-0.4, -0.2) is 29.2 Å². The Labute approximate surface area is 108 Å². The molecule has 104 valence electrons. The van der Waals surface area contributed by atoms with Crippen LogP contribution in [0.4, 0.5) is 0 Å². The fraction of sp³-hybridized carbons (Fsp3) is 0.846. The van der Waals surface area contributed by atoms with Crippen LogP contribution in [0.25, 0.3) is 0 Å². The second-order valence-corrected chi connectivity index (χ2v) is 6.10. The summed E-state index contributed by atoms with van der Waals surface area (Å²) < 4.78 is 10.8. The van der Waals surface area contributed by atoms with Crippen LogP contribution < -0.4 is 5.73 Å². The number of hydrogen-bond donors (Lipinski definition) is 1. The first-order valence-corrected chi connectivity index (χ1v) is 6.20. The molecule has 1 fully saturated rings. The predicted molar refractivity (Wildman–Crippen MR) is 66.6 cm³/mol. The maximum Gasteiger partial charge on any atom is 0.327 e. The second-order valence-electron chi connectivity index (χ2n) is 6.10. The number of carbonyl (C=O) groups excluding carboxylic acids is 2. The van der Waals surface area contributed by atoms with E-state index in [2.05, 4.69) is 0 Å². The van der Waals surface area contributed by atoms with Gasteiger partial charge in [0.2, 0.25) is 0 Å². The van der Waals surface area contributed by atoms with E-state index in [1.165, 1.54) is 0 Å². The summed E-state index contributed by atoms with van der Waals surface area (Å²) >= 11 is 0. The first-order valence-electron chi connectivity index (χ1n) is 6.20. The van der Waals surface area contributed by atoms with E-state index in [0.717, 1.165) is 0 Å². The number of rotatable bonds is 0. The minimum Gasteiger partial charge on any atom is -0.458 e. The zero-order chi connectivity index (χ0) is 14.3. The fourth-order valence-electron chi connectivity index (χ4n) is 1.92. The summed E-state index contributed by atoms with van der Waals surface area (Å²) in [4.78, 5) is 24.0. The molecule has 2 unspecified atom stereocenters. The first kappa shape index (κ1) is 15.0. The van der Waals surface area contributed by atoms with Crippen molar-refractivity contribution in [3.05, 3.63) is 0 Å². The number of esters is 2. The summed E-state index contributed by atoms with van der Waals surface area (Å²) in [6.45, 7) is 10.4. The lowest BCUT2D eigenvalue weighted by Gasteiger charge is -2.33. The summed E-state index contributed by atoms with van der Waals surface area (Å²) in [5.41, 5.74) is 3.99. The molecule has 0 aliphatic carbocycles. The number of ether oxygens (including phenoxy) is 2. The maximum atomic E-state index is 12.0. The third kappa shape index (κ3) is 2.66. The van der Waals surface area contributed by atoms with Gasteiger partial charge in [0.05, 0.1) is 5.92 Å². The van der Waals surface area contributed by atoms with Crippen LogP contribution in [-0.2, 0) is 19.1 Å². The molecular weight excluding hydrogens is 234 g/mol. The molecule has 0 aromatic rings. The van der Waals surface area contributed by atoms with E-state index in [1.807, 2.05) is 6.92 Å². The minimum atomic E-state index is -1.07. The molecule has 0 saturated carbocycles. The van der Waals surface area contributed by atoms with Gasteiger partial charge in [0.1, 0.15) is 17.2 Å². The topological polar surface area (TPSA) is 78.6 Å². The van der Waals surface area contributed by atoms with Crippen molar-refractivity contribution in [1.82, 2.24) is 0 Å². The van der Waals surface area contributed by atoms with Crippen molar-refractivity contribution in [3.8, 4) is 0 Å². The Morgan fingerprint density at radius 3 is 1.89 bits per heavy atom. The minimum absolute atomic E-state index is 0.157. The zero-order valence-corrected chi connectivity index (χ0v) is 11.9. The maximum absolute atomic E-state index is 12.0. The second kappa shape index (κ2) is 4.53. The Balaban J connectivity index is 3.18. The number of cyclic esters (lactones) is 2. The van der Waals surface area contributed by atoms with E-state index in [9.17, 15) is 9.59 Å². The van der Waals surface area contributed by atoms with Crippen molar-refractivity contribution in [1.29, 1.82) is 0 Å². The lowest BCUT2D eigenvalue weighted by molar-refractivity contribution is -0.168. The Morgan fingerprint density at radius 2 is 1.39 bits per heavy atom. The van der Waals surface area contributed by atoms with Crippen LogP contribution >= 0.6 is 0 Å². The standard InChI is InChI=1S/C13H23NO4/c1-7-8(2)12(3,4)18-11(16)9(14)13(5,6)17-10(7)15/h7-9H,14H2,1-6H3/t7?,8-,9?/m1/s1. The molecule has 0 spiro atoms. The van der Waals surface area contributed by atoms with E-state index < -0.39 is 23.2 Å². The molecule has 0 aromatic heterocycles. The van der Waals surface area contributed by atoms with Crippen molar-refractivity contribution in [3.63, 3.8) is 0 Å². The van der Waals surface area contributed by atoms with Crippen molar-refractivity contribution >= 4 is 11.9 Å². The Morgan fingerprint density at radius 1 is 0.944 bits per heavy atom. The lowest BCUT2D eigenvalue weighted by Crippen LogP contribution is -2.53. The summed E-state index contributed by atoms with van der Waals surface area (Å²) in [6, 6.07) is -0.988. The molecule has 1 rings (SSSR count). The summed E-state index contributed by atoms with van der Waals surface area (Å²) in [5.74, 6) is -1.42. The van der Waals surface area contributed by atoms with Gasteiger partial charge >= 0.3 is 11.9 Å². The highest BCUT2D eigenvalue weighted by Gasteiger charge is 2.46. The summed E-state index contributed by atoms with van der Waals surface area (Å²) in [6.07, 6.45) is 0. The van der Waals surface area contributed by atoms with Gasteiger partial charge in [0, 0.05) is 5.92 Å². The highest BCUT2D eigenvalue weighted by Crippen LogP contribution is 2.32. The average molecular weight is 257 g/mol. The van der Waals surface area contributed by atoms with Gasteiger partial charge in [-0.15, -0.1) is 0 Å². The monoisotopic (exact) mass is 257 g/mol. The number of nitrogens with two attached hydrogens (primary N) is 1. The van der Waals surface area contributed by atoms with Crippen LogP contribution in [0.3, 0.4) is 0 Å². The van der Waals surface area contributed by atoms with Crippen molar-refractivity contribution in [2.45, 2.75) is 58.8 Å². The van der Waals surface area contributed by atoms with Gasteiger partial charge in [-0.05, 0) is 27.7 Å². The molecule has 1 aliphatic rings. The van der Waals surface area contributed by atoms with E-state index >= 15 is 0 Å². The molecule has 0 amide bonds. The lowest BCUT2D eigenvalue weighted by atomic mass is 9.82. The SMILES string of the molecule is CC1C(=O)OC(C)(C)C(N)C(=O)OC(C)(C)[C@@H]1C. The van der Waals surface area contributed by atoms with E-state index in [1.54, 1.807) is 34.6 Å². The number of carbonyl (C=O) groups is 2. The van der Waals surface area contributed by atoms with Gasteiger partial charge in [-0.1, -0.05) is 13.8 Å². The third-order valence-corrected chi connectivity index (χ3v) is 3.95. The first-order chi connectivity index (χ1) is 7.99. The summed E-state index contributed by atoms with van der Waals surface area (Å²) in [5, 5.41) is 0. The highest BCUT2D eigenvalue weighted by molar-refractivity contribution is 5.80. The summed E-state index contributed by atoms with van der Waals surface area (Å²) in [7, 11) is 0. The normalized spacial score (nSPS) is 35.8. The molecule has 0 bridgehead atoms. The van der Waals surface area contributed by atoms with Gasteiger partial charge in [0.25, 0.3) is 0 Å². The Kier molecular flexibility index (Phi) is 3.77. The fourth-order valence-corrected chi connectivity index (χ4v) is 1.92. The van der Waals surface area contributed by atoms with Gasteiger partial charge in [-0.25, -0.2) is 0 Å². The van der Waals surface area contributed by atoms with Crippen LogP contribution in [0.15, 0.2) is 0 Å². The largest absolute Gasteiger partial charge is 0.458 e. The molecule has 5 heteroatoms. The molecule has 1 saturated heterocycles. The van der Waals surface area contributed by atoms with E-state index in [4.69, 9.17) is 15.2 Å². The van der Waals surface area contributed by atoms with Gasteiger partial charge in [0.15, 0.2) is 0 Å². The van der Waals surface area contributed by atoms with Gasteiger partial charge in [-0.3, -0.25) is 9.59 Å². The third-order valence-electron chi connectivity index (χ3n) is 3.95. The van der Waals surface area contributed by atoms with Gasteiger partial charge < -0.3 is 15.2 Å². The smallest absolute Gasteiger partial charge is 0.327 e. The zero-order valence-electron chi connectivity index (χ0n) is 11.9. The molecule has 18 heavy (non-hydrogen) atoms. The van der Waals surface area contributed by atoms with E-state index in [-0.39, 0.29) is 17.8 Å². The molecule has 1 heterocycles. The average Bonchev–Trinajstić information content (AvgIpc) is 2.24. The predicted octanol–water partition coefficient (Wildman–Crippen LogP) is 1.24. The van der Waals surface area contributed by atoms with Crippen molar-refractivity contribution in [2.24, 2.45) is 17.6 Å². The van der Waals surface area contributed by atoms with Crippen LogP contribution in [0, 0.1) is 11.8 Å². The van der Waals surface area contributed by atoms with Gasteiger partial charge in [-0.2, -0.15) is 0 Å². The number of hydrogen-bond acceptors (Lipinski definition) is 5. The molecular formula is C13H23NO4. The van der Waals surface area contributed by atoms with Crippen LogP contribution in [0.5, 0.6) is 0 Å². The molecule has 5 nitrogen and oxygen atoms in total. The van der Waals surface area contributed by atoms with Crippen LogP contribution in [0.1, 0.15) is 41.5 Å². The molecule has 0 radical (unpaired) electrons. The highest BCUT2D eigenvalue weighted by atomic mass is 16.6. The van der Waals surface area contributed by atoms with Crippen LogP contribution in [0.2, 0.25) is 0 Å². The quantitative estimate of drug-likeness (QED) is 0.661. The Bertz CT molecular complexity index is 362. The van der Waals surface area contributed by atoms with Crippen molar-refractivity contribution in [2.75, 3.05) is 0 Å². The van der Waals surface area contributed by atoms with Crippen molar-refractivity contribution < 1.29 is 19.1 Å². The molecule has 0 aromatic carbocycles. The molecule has 3 atom stereocenters.